The van der Waals surface area contributed by atoms with Gasteiger partial charge in [0.25, 0.3) is 0 Å². The Balaban J connectivity index is -0.000000372. The molecule has 0 unspecified atom stereocenters. The van der Waals surface area contributed by atoms with Crippen LogP contribution in [-0.2, 0) is 26.4 Å². The van der Waals surface area contributed by atoms with Crippen LogP contribution in [0, 0.1) is 10.8 Å². The van der Waals surface area contributed by atoms with Gasteiger partial charge in [0.1, 0.15) is 0 Å². The van der Waals surface area contributed by atoms with Gasteiger partial charge in [-0.1, -0.05) is 67.2 Å². The van der Waals surface area contributed by atoms with E-state index < -0.39 is 22.8 Å². The number of aliphatic carboxylic acids is 2. The smallest absolute Gasteiger partial charge is 0.550 e. The Morgan fingerprint density at radius 2 is 0.880 bits per heavy atom. The summed E-state index contributed by atoms with van der Waals surface area (Å²) in [4.78, 5) is 21.8. The molecule has 0 fully saturated rings. The summed E-state index contributed by atoms with van der Waals surface area (Å²) >= 11 is 0. The summed E-state index contributed by atoms with van der Waals surface area (Å²) in [5.74, 6) is -1.75. The molecule has 0 aromatic carbocycles. The van der Waals surface area contributed by atoms with E-state index in [0.717, 1.165) is 38.5 Å². The second-order valence-corrected chi connectivity index (χ2v) is 6.76. The minimum absolute atomic E-state index is 0. The zero-order valence-corrected chi connectivity index (χ0v) is 18.1. The quantitative estimate of drug-likeness (QED) is 0.502. The second-order valence-electron chi connectivity index (χ2n) is 6.76. The van der Waals surface area contributed by atoms with Crippen molar-refractivity contribution >= 4 is 11.9 Å². The molecule has 0 bridgehead atoms. The molecule has 151 valence electrons. The molecule has 0 aliphatic heterocycles. The average Bonchev–Trinajstić information content (AvgIpc) is 2.58. The second kappa shape index (κ2) is 15.7. The summed E-state index contributed by atoms with van der Waals surface area (Å²) in [6.45, 7) is 11.9. The first-order valence-electron chi connectivity index (χ1n) is 9.68. The van der Waals surface area contributed by atoms with E-state index in [1.165, 1.54) is 0 Å². The number of carboxylic acids is 2. The first-order valence-corrected chi connectivity index (χ1v) is 9.68. The van der Waals surface area contributed by atoms with E-state index in [4.69, 9.17) is 0 Å². The maximum atomic E-state index is 10.9. The van der Waals surface area contributed by atoms with Crippen molar-refractivity contribution in [2.75, 3.05) is 0 Å². The van der Waals surface area contributed by atoms with Gasteiger partial charge >= 0.3 is 16.8 Å². The molecule has 1 radical (unpaired) electrons. The molecule has 0 saturated heterocycles. The number of carboxylic acid groups (broad SMARTS) is 2. The Morgan fingerprint density at radius 1 is 0.640 bits per heavy atom. The molecule has 4 nitrogen and oxygen atoms in total. The van der Waals surface area contributed by atoms with E-state index in [1.807, 2.05) is 27.7 Å². The van der Waals surface area contributed by atoms with Gasteiger partial charge in [0, 0.05) is 22.8 Å². The molecule has 25 heavy (non-hydrogen) atoms. The molecule has 0 aromatic rings. The molecule has 0 heterocycles. The van der Waals surface area contributed by atoms with Crippen LogP contribution in [0.4, 0.5) is 0 Å². The fourth-order valence-electron chi connectivity index (χ4n) is 3.02. The predicted octanol–water partition coefficient (Wildman–Crippen LogP) is 3.46. The maximum absolute atomic E-state index is 10.9. The monoisotopic (exact) mass is 401 g/mol. The van der Waals surface area contributed by atoms with Crippen molar-refractivity contribution in [2.24, 2.45) is 10.8 Å². The van der Waals surface area contributed by atoms with Gasteiger partial charge in [0.05, 0.1) is 0 Å². The molecule has 0 amide bonds. The van der Waals surface area contributed by atoms with E-state index in [-0.39, 0.29) is 16.8 Å². The fraction of sp³-hybridized carbons (Fsp3) is 0.900. The van der Waals surface area contributed by atoms with Crippen LogP contribution < -0.4 is 10.2 Å². The molecule has 0 saturated carbocycles. The normalized spacial score (nSPS) is 11.1. The van der Waals surface area contributed by atoms with Gasteiger partial charge in [-0.05, 0) is 38.5 Å². The molecular formula is C20H38CoO4. The molecule has 0 aromatic heterocycles. The number of rotatable bonds is 12. The molecule has 0 atom stereocenters. The summed E-state index contributed by atoms with van der Waals surface area (Å²) in [6.07, 6.45) is 8.34. The minimum Gasteiger partial charge on any atom is -0.550 e. The first-order chi connectivity index (χ1) is 11.3. The Bertz CT molecular complexity index is 314. The summed E-state index contributed by atoms with van der Waals surface area (Å²) in [5, 5.41) is 21.8. The van der Waals surface area contributed by atoms with Crippen molar-refractivity contribution in [1.29, 1.82) is 0 Å². The van der Waals surface area contributed by atoms with Crippen molar-refractivity contribution in [3.8, 4) is 0 Å². The zero-order valence-electron chi connectivity index (χ0n) is 17.0. The van der Waals surface area contributed by atoms with Gasteiger partial charge < -0.3 is 19.8 Å². The first kappa shape index (κ1) is 29.2. The Kier molecular flexibility index (Phi) is 18.3. The summed E-state index contributed by atoms with van der Waals surface area (Å²) in [6, 6.07) is 0. The molecule has 0 spiro atoms. The van der Waals surface area contributed by atoms with Crippen molar-refractivity contribution < 1.29 is 36.6 Å². The van der Waals surface area contributed by atoms with Crippen LogP contribution in [0.25, 0.3) is 0 Å². The number of carbonyl (C=O) groups is 2. The van der Waals surface area contributed by atoms with Crippen molar-refractivity contribution in [3.05, 3.63) is 0 Å². The molecule has 5 heteroatoms. The number of hydrogen-bond donors (Lipinski definition) is 0. The van der Waals surface area contributed by atoms with Crippen LogP contribution in [0.2, 0.25) is 0 Å². The standard InChI is InChI=1S/2C10H20O2.Co/c2*1-4-7-8-10(5-2,6-3)9(11)12;/h2*4-8H2,1-3H3,(H,11,12);/q;;+2/p-2. The van der Waals surface area contributed by atoms with Gasteiger partial charge in [-0.15, -0.1) is 0 Å². The predicted molar refractivity (Wildman–Crippen MR) is 95.1 cm³/mol. The van der Waals surface area contributed by atoms with Crippen molar-refractivity contribution in [2.45, 2.75) is 106 Å². The zero-order chi connectivity index (χ0) is 19.2. The molecule has 0 N–H and O–H groups in total. The topological polar surface area (TPSA) is 80.3 Å². The Labute approximate surface area is 165 Å². The SMILES string of the molecule is CCCCC(CC)(CC)C(=O)[O-].CCCCC(CC)(CC)C(=O)[O-].[Co+2]. The van der Waals surface area contributed by atoms with E-state index >= 15 is 0 Å². The van der Waals surface area contributed by atoms with Gasteiger partial charge in [-0.2, -0.15) is 0 Å². The third-order valence-electron chi connectivity index (χ3n) is 5.59. The van der Waals surface area contributed by atoms with Crippen LogP contribution in [0.3, 0.4) is 0 Å². The summed E-state index contributed by atoms with van der Waals surface area (Å²) in [7, 11) is 0. The number of carbonyl (C=O) groups excluding carboxylic acids is 2. The molecule has 0 rings (SSSR count). The summed E-state index contributed by atoms with van der Waals surface area (Å²) in [5.41, 5.74) is -1.12. The van der Waals surface area contributed by atoms with E-state index in [2.05, 4.69) is 13.8 Å². The van der Waals surface area contributed by atoms with Crippen molar-refractivity contribution in [1.82, 2.24) is 0 Å². The van der Waals surface area contributed by atoms with Gasteiger partial charge in [0.2, 0.25) is 0 Å². The van der Waals surface area contributed by atoms with Crippen LogP contribution in [-0.4, -0.2) is 11.9 Å². The van der Waals surface area contributed by atoms with Gasteiger partial charge in [-0.3, -0.25) is 0 Å². The number of unbranched alkanes of at least 4 members (excludes halogenated alkanes) is 2. The van der Waals surface area contributed by atoms with Gasteiger partial charge in [0.15, 0.2) is 0 Å². The molecule has 0 aliphatic carbocycles. The fourth-order valence-corrected chi connectivity index (χ4v) is 3.02. The third-order valence-corrected chi connectivity index (χ3v) is 5.59. The summed E-state index contributed by atoms with van der Waals surface area (Å²) < 4.78 is 0. The minimum atomic E-state index is -0.874. The Hall–Kier alpha value is -0.554. The van der Waals surface area contributed by atoms with E-state index in [1.54, 1.807) is 0 Å². The largest absolute Gasteiger partial charge is 2.00 e. The van der Waals surface area contributed by atoms with Crippen LogP contribution in [0.15, 0.2) is 0 Å². The van der Waals surface area contributed by atoms with Crippen LogP contribution in [0.1, 0.15) is 106 Å². The van der Waals surface area contributed by atoms with Gasteiger partial charge in [-0.25, -0.2) is 0 Å². The number of hydrogen-bond acceptors (Lipinski definition) is 4. The maximum Gasteiger partial charge on any atom is 2.00 e. The van der Waals surface area contributed by atoms with E-state index in [9.17, 15) is 19.8 Å². The van der Waals surface area contributed by atoms with Crippen molar-refractivity contribution in [3.63, 3.8) is 0 Å². The van der Waals surface area contributed by atoms with E-state index in [0.29, 0.717) is 25.7 Å². The Morgan fingerprint density at radius 3 is 1.00 bits per heavy atom. The average molecular weight is 401 g/mol. The molecular weight excluding hydrogens is 363 g/mol. The van der Waals surface area contributed by atoms with Crippen LogP contribution >= 0.6 is 0 Å². The van der Waals surface area contributed by atoms with Crippen LogP contribution in [0.5, 0.6) is 0 Å². The molecule has 0 aliphatic rings. The third kappa shape index (κ3) is 9.64.